The molecule has 2 atom stereocenters. The van der Waals surface area contributed by atoms with Crippen LogP contribution < -0.4 is 24.8 Å². The summed E-state index contributed by atoms with van der Waals surface area (Å²) in [7, 11) is 3.25. The van der Waals surface area contributed by atoms with Crippen molar-refractivity contribution in [3.05, 3.63) is 48.8 Å². The molecular formula is C26H32N6O3. The molecule has 2 aromatic heterocycles. The molecule has 1 saturated heterocycles. The molecule has 184 valence electrons. The monoisotopic (exact) mass is 476 g/mol. The van der Waals surface area contributed by atoms with Gasteiger partial charge in [0.2, 0.25) is 5.88 Å². The van der Waals surface area contributed by atoms with Gasteiger partial charge in [0, 0.05) is 23.9 Å². The second-order valence-electron chi connectivity index (χ2n) is 8.29. The number of ether oxygens (including phenoxy) is 3. The lowest BCUT2D eigenvalue weighted by Crippen LogP contribution is -2.27. The van der Waals surface area contributed by atoms with E-state index in [0.717, 1.165) is 53.7 Å². The molecule has 1 fully saturated rings. The second-order valence-corrected chi connectivity index (χ2v) is 8.29. The number of nitrogens with two attached hydrogens (primary N) is 1. The molecule has 2 N–H and O–H groups in total. The van der Waals surface area contributed by atoms with E-state index in [0.29, 0.717) is 23.3 Å². The van der Waals surface area contributed by atoms with E-state index in [1.807, 2.05) is 43.3 Å². The third kappa shape index (κ3) is 5.19. The van der Waals surface area contributed by atoms with Crippen molar-refractivity contribution in [2.24, 2.45) is 11.7 Å². The van der Waals surface area contributed by atoms with Crippen LogP contribution in [0.2, 0.25) is 0 Å². The fourth-order valence-electron chi connectivity index (χ4n) is 4.34. The molecule has 0 bridgehead atoms. The fourth-order valence-corrected chi connectivity index (χ4v) is 4.34. The van der Waals surface area contributed by atoms with Crippen molar-refractivity contribution in [1.82, 2.24) is 20.2 Å². The van der Waals surface area contributed by atoms with Gasteiger partial charge < -0.3 is 24.8 Å². The van der Waals surface area contributed by atoms with Gasteiger partial charge in [-0.1, -0.05) is 26.0 Å². The maximum Gasteiger partial charge on any atom is 0.233 e. The molecule has 9 nitrogen and oxygen atoms in total. The largest absolute Gasteiger partial charge is 0.493 e. The molecule has 3 heterocycles. The van der Waals surface area contributed by atoms with E-state index in [1.54, 1.807) is 26.6 Å². The van der Waals surface area contributed by atoms with Gasteiger partial charge in [-0.05, 0) is 31.2 Å². The van der Waals surface area contributed by atoms with Crippen LogP contribution in [-0.4, -0.2) is 60.1 Å². The molecule has 0 amide bonds. The van der Waals surface area contributed by atoms with E-state index >= 15 is 0 Å². The quantitative estimate of drug-likeness (QED) is 0.444. The van der Waals surface area contributed by atoms with Crippen molar-refractivity contribution in [2.45, 2.75) is 26.4 Å². The average Bonchev–Trinajstić information content (AvgIpc) is 3.30. The van der Waals surface area contributed by atoms with E-state index in [4.69, 9.17) is 19.9 Å². The first kappa shape index (κ1) is 24.4. The lowest BCUT2D eigenvalue weighted by atomic mass is 10.0. The van der Waals surface area contributed by atoms with Crippen molar-refractivity contribution >= 4 is 27.6 Å². The van der Waals surface area contributed by atoms with E-state index in [9.17, 15) is 0 Å². The van der Waals surface area contributed by atoms with Crippen LogP contribution in [0.25, 0.3) is 21.9 Å². The normalized spacial score (nSPS) is 17.2. The molecule has 35 heavy (non-hydrogen) atoms. The van der Waals surface area contributed by atoms with E-state index < -0.39 is 0 Å². The highest BCUT2D eigenvalue weighted by Gasteiger charge is 2.35. The average molecular weight is 477 g/mol. The van der Waals surface area contributed by atoms with Crippen LogP contribution in [0.3, 0.4) is 0 Å². The summed E-state index contributed by atoms with van der Waals surface area (Å²) in [6.45, 7) is 6.42. The van der Waals surface area contributed by atoms with Crippen molar-refractivity contribution in [3.63, 3.8) is 0 Å². The molecule has 1 aliphatic heterocycles. The summed E-state index contributed by atoms with van der Waals surface area (Å²) in [5, 5.41) is 9.49. The summed E-state index contributed by atoms with van der Waals surface area (Å²) in [5.41, 5.74) is 8.31. The van der Waals surface area contributed by atoms with Gasteiger partial charge in [-0.3, -0.25) is 0 Å². The van der Waals surface area contributed by atoms with Gasteiger partial charge in [0.25, 0.3) is 0 Å². The van der Waals surface area contributed by atoms with Gasteiger partial charge in [0.15, 0.2) is 11.5 Å². The SMILES string of the molecule is CCC1CN(c2cnnc3cc(OC)c(OC)cc23)CC1Oc1cnc2ccccc2n1.CCN. The van der Waals surface area contributed by atoms with Crippen LogP contribution in [0.4, 0.5) is 5.69 Å². The van der Waals surface area contributed by atoms with Gasteiger partial charge in [0.05, 0.1) is 55.4 Å². The molecule has 5 rings (SSSR count). The zero-order valence-electron chi connectivity index (χ0n) is 20.6. The first-order valence-electron chi connectivity index (χ1n) is 11.8. The maximum atomic E-state index is 6.34. The number of para-hydroxylation sites is 2. The summed E-state index contributed by atoms with van der Waals surface area (Å²) in [6.07, 6.45) is 4.51. The predicted molar refractivity (Wildman–Crippen MR) is 137 cm³/mol. The first-order valence-corrected chi connectivity index (χ1v) is 11.8. The summed E-state index contributed by atoms with van der Waals surface area (Å²) in [6, 6.07) is 11.6. The molecule has 0 aliphatic carbocycles. The van der Waals surface area contributed by atoms with Crippen LogP contribution in [0, 0.1) is 5.92 Å². The fraction of sp³-hybridized carbons (Fsp3) is 0.385. The van der Waals surface area contributed by atoms with Crippen molar-refractivity contribution in [3.8, 4) is 17.4 Å². The Bertz CT molecular complexity index is 1280. The van der Waals surface area contributed by atoms with Gasteiger partial charge >= 0.3 is 0 Å². The number of aromatic nitrogens is 4. The third-order valence-corrected chi connectivity index (χ3v) is 6.07. The van der Waals surface area contributed by atoms with Gasteiger partial charge in [-0.25, -0.2) is 9.97 Å². The minimum Gasteiger partial charge on any atom is -0.493 e. The van der Waals surface area contributed by atoms with Gasteiger partial charge in [0.1, 0.15) is 6.10 Å². The summed E-state index contributed by atoms with van der Waals surface area (Å²) < 4.78 is 17.3. The Labute approximate surface area is 205 Å². The number of hydrogen-bond acceptors (Lipinski definition) is 9. The van der Waals surface area contributed by atoms with Crippen molar-refractivity contribution in [1.29, 1.82) is 0 Å². The van der Waals surface area contributed by atoms with Crippen molar-refractivity contribution < 1.29 is 14.2 Å². The summed E-state index contributed by atoms with van der Waals surface area (Å²) >= 11 is 0. The predicted octanol–water partition coefficient (Wildman–Crippen LogP) is 3.85. The molecule has 2 aromatic carbocycles. The third-order valence-electron chi connectivity index (χ3n) is 6.07. The van der Waals surface area contributed by atoms with Gasteiger partial charge in [-0.15, -0.1) is 0 Å². The molecule has 1 aliphatic rings. The Morgan fingerprint density at radius 2 is 1.69 bits per heavy atom. The summed E-state index contributed by atoms with van der Waals surface area (Å²) in [5.74, 6) is 2.21. The lowest BCUT2D eigenvalue weighted by Gasteiger charge is -2.20. The number of benzene rings is 2. The highest BCUT2D eigenvalue weighted by Crippen LogP contribution is 2.37. The zero-order chi connectivity index (χ0) is 24.8. The molecule has 9 heteroatoms. The number of hydrogen-bond donors (Lipinski definition) is 1. The van der Waals surface area contributed by atoms with Crippen LogP contribution in [0.1, 0.15) is 20.3 Å². The molecule has 0 saturated carbocycles. The summed E-state index contributed by atoms with van der Waals surface area (Å²) in [4.78, 5) is 11.4. The second kappa shape index (κ2) is 11.1. The standard InChI is InChI=1S/C24H25N5O3.C2H7N/c1-4-15-13-29(14-23(15)32-24-12-25-17-7-5-6-8-18(17)27-24)20-11-26-28-19-10-22(31-3)21(30-2)9-16(19)20;1-2-3/h5-12,15,23H,4,13-14H2,1-3H3;2-3H2,1H3. The van der Waals surface area contributed by atoms with E-state index in [-0.39, 0.29) is 6.10 Å². The zero-order valence-corrected chi connectivity index (χ0v) is 20.6. The molecule has 4 aromatic rings. The van der Waals surface area contributed by atoms with Crippen molar-refractivity contribution in [2.75, 3.05) is 38.8 Å². The highest BCUT2D eigenvalue weighted by molar-refractivity contribution is 5.93. The Hall–Kier alpha value is -3.72. The number of anilines is 1. The Morgan fingerprint density at radius 3 is 2.40 bits per heavy atom. The Kier molecular flexibility index (Phi) is 7.77. The smallest absolute Gasteiger partial charge is 0.233 e. The maximum absolute atomic E-state index is 6.34. The topological polar surface area (TPSA) is 109 Å². The van der Waals surface area contributed by atoms with Crippen LogP contribution in [0.15, 0.2) is 48.8 Å². The minimum atomic E-state index is -0.00109. The minimum absolute atomic E-state index is 0.00109. The molecule has 0 spiro atoms. The Morgan fingerprint density at radius 1 is 0.971 bits per heavy atom. The van der Waals surface area contributed by atoms with E-state index in [2.05, 4.69) is 32.0 Å². The van der Waals surface area contributed by atoms with Crippen LogP contribution in [0.5, 0.6) is 17.4 Å². The first-order chi connectivity index (χ1) is 17.1. The number of methoxy groups -OCH3 is 2. The Balaban J connectivity index is 0.000000917. The van der Waals surface area contributed by atoms with Gasteiger partial charge in [-0.2, -0.15) is 10.2 Å². The van der Waals surface area contributed by atoms with Crippen LogP contribution in [-0.2, 0) is 0 Å². The highest BCUT2D eigenvalue weighted by atomic mass is 16.5. The molecular weight excluding hydrogens is 444 g/mol. The number of fused-ring (bicyclic) bond motifs is 2. The molecule has 2 unspecified atom stereocenters. The number of rotatable bonds is 6. The lowest BCUT2D eigenvalue weighted by molar-refractivity contribution is 0.165. The number of nitrogens with zero attached hydrogens (tertiary/aromatic N) is 5. The van der Waals surface area contributed by atoms with E-state index in [1.165, 1.54) is 0 Å². The molecule has 0 radical (unpaired) electrons. The van der Waals surface area contributed by atoms with Crippen LogP contribution >= 0.6 is 0 Å².